The molecule has 0 saturated carbocycles. The Morgan fingerprint density at radius 2 is 1.27 bits per heavy atom. The molecule has 5 rings (SSSR count). The lowest BCUT2D eigenvalue weighted by Crippen LogP contribution is -2.42. The van der Waals surface area contributed by atoms with E-state index in [-0.39, 0.29) is 29.0 Å². The molecule has 146 valence electrons. The zero-order valence-corrected chi connectivity index (χ0v) is 22.4. The fourth-order valence-electron chi connectivity index (χ4n) is 5.84. The van der Waals surface area contributed by atoms with E-state index in [4.69, 9.17) is 4.76 Å². The van der Waals surface area contributed by atoms with E-state index in [0.29, 0.717) is 26.0 Å². The van der Waals surface area contributed by atoms with Gasteiger partial charge in [-0.05, 0) is 36.8 Å². The van der Waals surface area contributed by atoms with Crippen LogP contribution in [0.5, 0.6) is 0 Å². The second-order valence-electron chi connectivity index (χ2n) is 12.7. The van der Waals surface area contributed by atoms with E-state index in [1.165, 1.54) is 0 Å². The molecule has 0 N–H and O–H groups in total. The van der Waals surface area contributed by atoms with Crippen molar-refractivity contribution in [2.75, 3.05) is 0 Å². The highest BCUT2D eigenvalue weighted by Gasteiger charge is 2.97. The largest absolute Gasteiger partial charge is 0.267 e. The average molecular weight is 427 g/mol. The van der Waals surface area contributed by atoms with Crippen LogP contribution in [0, 0.1) is 21.7 Å². The standard InChI is InChI=1S/C21H37NP4/c1-16(2,3)13-14-24-15(17(4,5)6)23-25(14)21(19(10,11)12)20(24,18(7,8)9)26(21)22-13/h14H,1-12H3/t14-,20-,21+,24?,25?,26?/m1/s1. The third-order valence-electron chi connectivity index (χ3n) is 6.62. The van der Waals surface area contributed by atoms with Crippen LogP contribution in [-0.4, -0.2) is 25.9 Å². The van der Waals surface area contributed by atoms with Crippen LogP contribution in [0.4, 0.5) is 0 Å². The summed E-state index contributed by atoms with van der Waals surface area (Å²) in [5.74, 6) is 0. The van der Waals surface area contributed by atoms with Crippen molar-refractivity contribution in [2.45, 2.75) is 98.3 Å². The third kappa shape index (κ3) is 1.97. The van der Waals surface area contributed by atoms with Gasteiger partial charge in [-0.2, -0.15) is 0 Å². The first-order chi connectivity index (χ1) is 11.4. The normalized spacial score (nSPS) is 44.8. The van der Waals surface area contributed by atoms with Gasteiger partial charge in [-0.25, -0.2) is 0 Å². The van der Waals surface area contributed by atoms with Crippen molar-refractivity contribution in [3.8, 4) is 0 Å². The van der Waals surface area contributed by atoms with Gasteiger partial charge in [0.05, 0.1) is 15.2 Å². The first kappa shape index (κ1) is 20.4. The van der Waals surface area contributed by atoms with Gasteiger partial charge in [0.1, 0.15) is 0 Å². The van der Waals surface area contributed by atoms with E-state index < -0.39 is 0 Å². The highest BCUT2D eigenvalue weighted by molar-refractivity contribution is 8.41. The number of hydrogen-bond donors (Lipinski definition) is 0. The van der Waals surface area contributed by atoms with Crippen molar-refractivity contribution >= 4 is 42.2 Å². The Kier molecular flexibility index (Phi) is 3.97. The summed E-state index contributed by atoms with van der Waals surface area (Å²) in [6.07, 6.45) is 0. The molecule has 2 saturated heterocycles. The van der Waals surface area contributed by atoms with E-state index in [9.17, 15) is 0 Å². The minimum atomic E-state index is -0.241. The second-order valence-corrected chi connectivity index (χ2v) is 23.1. The highest BCUT2D eigenvalue weighted by Crippen LogP contribution is 3.20. The first-order valence-electron chi connectivity index (χ1n) is 10.0. The molecule has 6 atom stereocenters. The predicted octanol–water partition coefficient (Wildman–Crippen LogP) is 8.74. The summed E-state index contributed by atoms with van der Waals surface area (Å²) < 4.78 is 5.69. The molecule has 0 aromatic carbocycles. The van der Waals surface area contributed by atoms with Crippen molar-refractivity contribution in [2.24, 2.45) is 26.4 Å². The molecule has 5 aliphatic heterocycles. The monoisotopic (exact) mass is 427 g/mol. The molecule has 5 heteroatoms. The summed E-state index contributed by atoms with van der Waals surface area (Å²) in [6, 6.07) is 0. The minimum Gasteiger partial charge on any atom is -0.267 e. The maximum Gasteiger partial charge on any atom is 0.0610 e. The molecule has 0 aromatic rings. The fraction of sp³-hybridized carbons (Fsp3) is 0.905. The molecule has 2 fully saturated rings. The van der Waals surface area contributed by atoms with Gasteiger partial charge in [-0.1, -0.05) is 91.0 Å². The summed E-state index contributed by atoms with van der Waals surface area (Å²) in [4.78, 5) is 1.06. The van der Waals surface area contributed by atoms with E-state index in [0.717, 1.165) is 5.40 Å². The molecule has 0 spiro atoms. The van der Waals surface area contributed by atoms with Crippen molar-refractivity contribution in [1.82, 2.24) is 0 Å². The van der Waals surface area contributed by atoms with Gasteiger partial charge in [-0.15, -0.1) is 0 Å². The zero-order valence-electron chi connectivity index (χ0n) is 18.8. The van der Waals surface area contributed by atoms with Crippen molar-refractivity contribution in [1.29, 1.82) is 0 Å². The maximum atomic E-state index is 5.69. The van der Waals surface area contributed by atoms with Gasteiger partial charge in [0.25, 0.3) is 0 Å². The van der Waals surface area contributed by atoms with Gasteiger partial charge in [0, 0.05) is 19.2 Å². The molecule has 0 radical (unpaired) electrons. The van der Waals surface area contributed by atoms with E-state index >= 15 is 0 Å². The molecule has 0 aromatic heterocycles. The van der Waals surface area contributed by atoms with Crippen LogP contribution in [0.25, 0.3) is 0 Å². The summed E-state index contributed by atoms with van der Waals surface area (Å²) in [5, 5.41) is 2.77. The van der Waals surface area contributed by atoms with Crippen LogP contribution in [0.2, 0.25) is 0 Å². The lowest BCUT2D eigenvalue weighted by atomic mass is 9.80. The number of hydrogen-bond acceptors (Lipinski definition) is 1. The molecule has 3 unspecified atom stereocenters. The van der Waals surface area contributed by atoms with Crippen LogP contribution in [0.1, 0.15) is 83.1 Å². The number of nitrogens with zero attached hydrogens (tertiary/aromatic N) is 1. The lowest BCUT2D eigenvalue weighted by molar-refractivity contribution is 0.295. The van der Waals surface area contributed by atoms with Gasteiger partial charge in [0.2, 0.25) is 0 Å². The van der Waals surface area contributed by atoms with Crippen molar-refractivity contribution in [3.05, 3.63) is 0 Å². The quantitative estimate of drug-likeness (QED) is 0.343. The van der Waals surface area contributed by atoms with Gasteiger partial charge < -0.3 is 0 Å². The third-order valence-corrected chi connectivity index (χ3v) is 26.7. The van der Waals surface area contributed by atoms with Crippen LogP contribution < -0.4 is 0 Å². The topological polar surface area (TPSA) is 12.4 Å². The van der Waals surface area contributed by atoms with E-state index in [2.05, 4.69) is 83.1 Å². The SMILES string of the molecule is CC(C)(C)C1=NP2[C@]3(C(C)(C)C)P4P=C(C(C)(C)C)P([C@@H]14)[C@]23C(C)(C)C. The van der Waals surface area contributed by atoms with Crippen LogP contribution in [0.15, 0.2) is 4.76 Å². The smallest absolute Gasteiger partial charge is 0.0610 e. The molecule has 0 amide bonds. The molecule has 0 aliphatic carbocycles. The van der Waals surface area contributed by atoms with Crippen LogP contribution >= 0.6 is 31.5 Å². The molecular formula is C21H37NP4. The number of rotatable bonds is 0. The Hall–Kier alpha value is 1.13. The first-order valence-corrected chi connectivity index (χ1v) is 15.7. The Bertz CT molecular complexity index is 740. The van der Waals surface area contributed by atoms with Gasteiger partial charge in [0.15, 0.2) is 0 Å². The predicted molar refractivity (Wildman–Crippen MR) is 127 cm³/mol. The molecule has 6 bridgehead atoms. The summed E-state index contributed by atoms with van der Waals surface area (Å²) in [6.45, 7) is 30.1. The fourth-order valence-corrected chi connectivity index (χ4v) is 35.3. The highest BCUT2D eigenvalue weighted by atomic mass is 32.0. The summed E-state index contributed by atoms with van der Waals surface area (Å²) in [5.41, 5.74) is 2.98. The van der Waals surface area contributed by atoms with Gasteiger partial charge in [-0.3, -0.25) is 4.76 Å². The summed E-state index contributed by atoms with van der Waals surface area (Å²) in [7, 11) is 1.45. The molecule has 5 aliphatic rings. The Labute approximate surface area is 167 Å². The van der Waals surface area contributed by atoms with Gasteiger partial charge >= 0.3 is 0 Å². The second kappa shape index (κ2) is 5.06. The maximum absolute atomic E-state index is 5.69. The average Bonchev–Trinajstić information content (AvgIpc) is 2.81. The van der Waals surface area contributed by atoms with Crippen LogP contribution in [0.3, 0.4) is 0 Å². The van der Waals surface area contributed by atoms with E-state index in [1.54, 1.807) is 13.6 Å². The Morgan fingerprint density at radius 3 is 1.65 bits per heavy atom. The Balaban J connectivity index is 2.03. The molecule has 1 nitrogen and oxygen atoms in total. The van der Waals surface area contributed by atoms with Crippen molar-refractivity contribution < 1.29 is 0 Å². The van der Waals surface area contributed by atoms with Crippen molar-refractivity contribution in [3.63, 3.8) is 0 Å². The minimum absolute atomic E-state index is 0.0000643. The van der Waals surface area contributed by atoms with Crippen LogP contribution in [-0.2, 0) is 0 Å². The lowest BCUT2D eigenvalue weighted by Gasteiger charge is -2.45. The zero-order chi connectivity index (χ0) is 19.9. The molecular weight excluding hydrogens is 390 g/mol. The summed E-state index contributed by atoms with van der Waals surface area (Å²) >= 11 is 0. The Morgan fingerprint density at radius 1 is 0.769 bits per heavy atom. The molecule has 5 heterocycles. The van der Waals surface area contributed by atoms with E-state index in [1.807, 2.05) is 5.03 Å². The molecule has 26 heavy (non-hydrogen) atoms.